The molecule has 1 aliphatic rings. The number of aliphatic hydroxyl groups excluding tert-OH is 1. The number of amides is 1. The van der Waals surface area contributed by atoms with Crippen LogP contribution in [0.5, 0.6) is 0 Å². The third-order valence-corrected chi connectivity index (χ3v) is 4.15. The van der Waals surface area contributed by atoms with Gasteiger partial charge in [-0.15, -0.1) is 0 Å². The Hall–Kier alpha value is -0.610. The third kappa shape index (κ3) is 3.96. The minimum absolute atomic E-state index is 0.0317. The van der Waals surface area contributed by atoms with Gasteiger partial charge < -0.3 is 16.2 Å². The zero-order chi connectivity index (χ0) is 12.9. The van der Waals surface area contributed by atoms with Crippen molar-refractivity contribution in [2.45, 2.75) is 52.0 Å². The first kappa shape index (κ1) is 14.5. The summed E-state index contributed by atoms with van der Waals surface area (Å²) in [4.78, 5) is 11.8. The molecular weight excluding hydrogens is 216 g/mol. The first-order valence-electron chi connectivity index (χ1n) is 6.65. The molecule has 0 saturated heterocycles. The number of nitrogens with two attached hydrogens (primary N) is 1. The monoisotopic (exact) mass is 242 g/mol. The smallest absolute Gasteiger partial charge is 0.224 e. The third-order valence-electron chi connectivity index (χ3n) is 4.15. The number of rotatable bonds is 6. The molecule has 100 valence electrons. The molecule has 0 aromatic carbocycles. The summed E-state index contributed by atoms with van der Waals surface area (Å²) in [6.45, 7) is 4.60. The van der Waals surface area contributed by atoms with Gasteiger partial charge >= 0.3 is 0 Å². The lowest BCUT2D eigenvalue weighted by atomic mass is 9.82. The van der Waals surface area contributed by atoms with E-state index in [0.29, 0.717) is 6.54 Å². The summed E-state index contributed by atoms with van der Waals surface area (Å²) >= 11 is 0. The zero-order valence-corrected chi connectivity index (χ0v) is 11.0. The average molecular weight is 242 g/mol. The van der Waals surface area contributed by atoms with E-state index in [1.165, 1.54) is 12.8 Å². The van der Waals surface area contributed by atoms with Crippen molar-refractivity contribution in [1.29, 1.82) is 0 Å². The van der Waals surface area contributed by atoms with E-state index < -0.39 is 0 Å². The van der Waals surface area contributed by atoms with Gasteiger partial charge in [-0.2, -0.15) is 0 Å². The van der Waals surface area contributed by atoms with E-state index in [0.717, 1.165) is 19.3 Å². The molecule has 1 fully saturated rings. The molecule has 1 rings (SSSR count). The largest absolute Gasteiger partial charge is 0.396 e. The van der Waals surface area contributed by atoms with Gasteiger partial charge in [-0.25, -0.2) is 0 Å². The van der Waals surface area contributed by atoms with E-state index in [1.807, 2.05) is 13.8 Å². The maximum absolute atomic E-state index is 11.8. The molecule has 0 heterocycles. The Morgan fingerprint density at radius 1 is 1.41 bits per heavy atom. The summed E-state index contributed by atoms with van der Waals surface area (Å²) in [6, 6.07) is -0.118. The van der Waals surface area contributed by atoms with E-state index in [-0.39, 0.29) is 29.9 Å². The topological polar surface area (TPSA) is 75.4 Å². The van der Waals surface area contributed by atoms with Gasteiger partial charge in [0.05, 0.1) is 0 Å². The average Bonchev–Trinajstić information content (AvgIpc) is 2.74. The molecule has 2 unspecified atom stereocenters. The van der Waals surface area contributed by atoms with Crippen LogP contribution in [0.2, 0.25) is 0 Å². The predicted molar refractivity (Wildman–Crippen MR) is 68.4 cm³/mol. The molecule has 1 amide bonds. The lowest BCUT2D eigenvalue weighted by molar-refractivity contribution is -0.125. The van der Waals surface area contributed by atoms with Crippen molar-refractivity contribution < 1.29 is 9.90 Å². The fourth-order valence-corrected chi connectivity index (χ4v) is 2.55. The second-order valence-corrected chi connectivity index (χ2v) is 5.55. The van der Waals surface area contributed by atoms with Crippen LogP contribution in [-0.2, 0) is 4.79 Å². The van der Waals surface area contributed by atoms with Crippen LogP contribution >= 0.6 is 0 Å². The summed E-state index contributed by atoms with van der Waals surface area (Å²) in [6.07, 6.45) is 5.43. The molecule has 2 atom stereocenters. The molecule has 0 bridgehead atoms. The fraction of sp³-hybridized carbons (Fsp3) is 0.923. The van der Waals surface area contributed by atoms with Gasteiger partial charge in [0.15, 0.2) is 0 Å². The van der Waals surface area contributed by atoms with Gasteiger partial charge in [-0.3, -0.25) is 4.79 Å². The first-order chi connectivity index (χ1) is 8.01. The molecule has 1 aliphatic carbocycles. The molecule has 0 aromatic rings. The van der Waals surface area contributed by atoms with E-state index in [1.54, 1.807) is 0 Å². The zero-order valence-electron chi connectivity index (χ0n) is 11.0. The van der Waals surface area contributed by atoms with Crippen molar-refractivity contribution in [1.82, 2.24) is 5.32 Å². The number of hydrogen-bond acceptors (Lipinski definition) is 3. The van der Waals surface area contributed by atoms with Crippen molar-refractivity contribution in [3.05, 3.63) is 0 Å². The summed E-state index contributed by atoms with van der Waals surface area (Å²) in [7, 11) is 0. The highest BCUT2D eigenvalue weighted by atomic mass is 16.3. The molecule has 4 nitrogen and oxygen atoms in total. The van der Waals surface area contributed by atoms with E-state index >= 15 is 0 Å². The van der Waals surface area contributed by atoms with E-state index in [9.17, 15) is 4.79 Å². The second-order valence-electron chi connectivity index (χ2n) is 5.55. The molecule has 4 N–H and O–H groups in total. The SMILES string of the molecule is CC(N)C(C)C(=O)NCC1(CCO)CCCC1. The summed E-state index contributed by atoms with van der Waals surface area (Å²) in [5, 5.41) is 12.1. The summed E-state index contributed by atoms with van der Waals surface area (Å²) < 4.78 is 0. The molecule has 17 heavy (non-hydrogen) atoms. The van der Waals surface area contributed by atoms with Crippen molar-refractivity contribution in [2.75, 3.05) is 13.2 Å². The molecule has 0 aromatic heterocycles. The van der Waals surface area contributed by atoms with Gasteiger partial charge in [0.1, 0.15) is 0 Å². The Labute approximate surface area is 104 Å². The number of aliphatic hydroxyl groups is 1. The van der Waals surface area contributed by atoms with Crippen LogP contribution in [0.3, 0.4) is 0 Å². The van der Waals surface area contributed by atoms with Gasteiger partial charge in [-0.1, -0.05) is 19.8 Å². The predicted octanol–water partition coefficient (Wildman–Crippen LogP) is 1.03. The van der Waals surface area contributed by atoms with Gasteiger partial charge in [-0.05, 0) is 31.6 Å². The van der Waals surface area contributed by atoms with Crippen LogP contribution in [0.4, 0.5) is 0 Å². The number of carbonyl (C=O) groups is 1. The Bertz CT molecular complexity index is 248. The summed E-state index contributed by atoms with van der Waals surface area (Å²) in [5.41, 5.74) is 5.84. The standard InChI is InChI=1S/C13H26N2O2/c1-10(11(2)14)12(17)15-9-13(7-8-16)5-3-4-6-13/h10-11,16H,3-9,14H2,1-2H3,(H,15,17). The van der Waals surface area contributed by atoms with Crippen LogP contribution < -0.4 is 11.1 Å². The number of nitrogens with one attached hydrogen (secondary N) is 1. The highest BCUT2D eigenvalue weighted by molar-refractivity contribution is 5.78. The van der Waals surface area contributed by atoms with Crippen LogP contribution in [-0.4, -0.2) is 30.2 Å². The lowest BCUT2D eigenvalue weighted by Gasteiger charge is -2.29. The second kappa shape index (κ2) is 6.36. The van der Waals surface area contributed by atoms with Gasteiger partial charge in [0.25, 0.3) is 0 Å². The van der Waals surface area contributed by atoms with Crippen molar-refractivity contribution in [3.8, 4) is 0 Å². The molecular formula is C13H26N2O2. The molecule has 0 aliphatic heterocycles. The number of hydrogen-bond donors (Lipinski definition) is 3. The highest BCUT2D eigenvalue weighted by Crippen LogP contribution is 2.40. The molecule has 4 heteroatoms. The summed E-state index contributed by atoms with van der Waals surface area (Å²) in [5.74, 6) is -0.119. The molecule has 0 spiro atoms. The molecule has 1 saturated carbocycles. The van der Waals surface area contributed by atoms with Gasteiger partial charge in [0.2, 0.25) is 5.91 Å². The minimum atomic E-state index is -0.150. The highest BCUT2D eigenvalue weighted by Gasteiger charge is 2.34. The van der Waals surface area contributed by atoms with Gasteiger partial charge in [0, 0.05) is 25.1 Å². The van der Waals surface area contributed by atoms with Crippen molar-refractivity contribution in [2.24, 2.45) is 17.1 Å². The molecule has 0 radical (unpaired) electrons. The Morgan fingerprint density at radius 3 is 2.47 bits per heavy atom. The van der Waals surface area contributed by atoms with Crippen LogP contribution in [0.25, 0.3) is 0 Å². The van der Waals surface area contributed by atoms with Crippen molar-refractivity contribution in [3.63, 3.8) is 0 Å². The fourth-order valence-electron chi connectivity index (χ4n) is 2.55. The first-order valence-corrected chi connectivity index (χ1v) is 6.65. The van der Waals surface area contributed by atoms with E-state index in [4.69, 9.17) is 10.8 Å². The maximum atomic E-state index is 11.8. The van der Waals surface area contributed by atoms with Crippen LogP contribution in [0.1, 0.15) is 46.0 Å². The minimum Gasteiger partial charge on any atom is -0.396 e. The van der Waals surface area contributed by atoms with Crippen LogP contribution in [0, 0.1) is 11.3 Å². The quantitative estimate of drug-likeness (QED) is 0.651. The Morgan fingerprint density at radius 2 is 2.00 bits per heavy atom. The normalized spacial score (nSPS) is 22.1. The van der Waals surface area contributed by atoms with Crippen LogP contribution in [0.15, 0.2) is 0 Å². The maximum Gasteiger partial charge on any atom is 0.224 e. The lowest BCUT2D eigenvalue weighted by Crippen LogP contribution is -2.43. The number of carbonyl (C=O) groups excluding carboxylic acids is 1. The Balaban J connectivity index is 2.44. The van der Waals surface area contributed by atoms with Crippen molar-refractivity contribution >= 4 is 5.91 Å². The Kier molecular flexibility index (Phi) is 5.40. The van der Waals surface area contributed by atoms with E-state index in [2.05, 4.69) is 5.32 Å².